The molecular weight excluding hydrogens is 598 g/mol. The normalized spacial score (nSPS) is 23.4. The number of ether oxygens (including phenoxy) is 2. The van der Waals surface area contributed by atoms with Crippen LogP contribution in [0.5, 0.6) is 0 Å². The Labute approximate surface area is 284 Å². The van der Waals surface area contributed by atoms with Crippen LogP contribution in [0.15, 0.2) is 48.6 Å². The zero-order valence-electron chi connectivity index (χ0n) is 29.3. The Bertz CT molecular complexity index is 874. The average Bonchev–Trinajstić information content (AvgIpc) is 3.07. The van der Waals surface area contributed by atoms with E-state index < -0.39 is 49.5 Å². The lowest BCUT2D eigenvalue weighted by Gasteiger charge is -2.40. The van der Waals surface area contributed by atoms with Crippen LogP contribution in [0, 0.1) is 0 Å². The number of hydrogen-bond acceptors (Lipinski definition) is 8. The highest BCUT2D eigenvalue weighted by Gasteiger charge is 2.44. The van der Waals surface area contributed by atoms with Crippen molar-refractivity contribution in [2.24, 2.45) is 0 Å². The average molecular weight is 666 g/mol. The van der Waals surface area contributed by atoms with Gasteiger partial charge < -0.3 is 40.3 Å². The van der Waals surface area contributed by atoms with Gasteiger partial charge in [-0.05, 0) is 64.7 Å². The Kier molecular flexibility index (Phi) is 26.7. The van der Waals surface area contributed by atoms with Crippen molar-refractivity contribution >= 4 is 5.91 Å². The Morgan fingerprint density at radius 2 is 1.30 bits per heavy atom. The van der Waals surface area contributed by atoms with E-state index in [9.17, 15) is 30.3 Å². The van der Waals surface area contributed by atoms with Gasteiger partial charge in [-0.3, -0.25) is 4.79 Å². The van der Waals surface area contributed by atoms with Crippen LogP contribution in [0.1, 0.15) is 129 Å². The number of carbonyl (C=O) groups is 1. The van der Waals surface area contributed by atoms with Crippen molar-refractivity contribution in [3.8, 4) is 0 Å². The third kappa shape index (κ3) is 21.0. The van der Waals surface area contributed by atoms with Crippen LogP contribution >= 0.6 is 0 Å². The molecule has 272 valence electrons. The van der Waals surface area contributed by atoms with Gasteiger partial charge in [0.05, 0.1) is 25.4 Å². The van der Waals surface area contributed by atoms with E-state index in [1.807, 2.05) is 19.1 Å². The van der Waals surface area contributed by atoms with E-state index in [-0.39, 0.29) is 12.5 Å². The molecule has 1 fully saturated rings. The number of aliphatic hydroxyl groups excluding tert-OH is 5. The fourth-order valence-electron chi connectivity index (χ4n) is 5.42. The summed E-state index contributed by atoms with van der Waals surface area (Å²) in [6.07, 6.45) is 27.5. The molecule has 0 aromatic rings. The van der Waals surface area contributed by atoms with Crippen LogP contribution in [0.3, 0.4) is 0 Å². The molecule has 0 spiro atoms. The number of aliphatic hydroxyl groups is 5. The Balaban J connectivity index is 2.46. The highest BCUT2D eigenvalue weighted by Crippen LogP contribution is 2.22. The fourth-order valence-corrected chi connectivity index (χ4v) is 5.42. The molecule has 1 aliphatic rings. The van der Waals surface area contributed by atoms with E-state index in [0.29, 0.717) is 6.42 Å². The van der Waals surface area contributed by atoms with Gasteiger partial charge in [0.25, 0.3) is 0 Å². The summed E-state index contributed by atoms with van der Waals surface area (Å²) in [6.45, 7) is 3.46. The minimum Gasteiger partial charge on any atom is -0.394 e. The molecule has 0 radical (unpaired) electrons. The predicted octanol–water partition coefficient (Wildman–Crippen LogP) is 5.94. The van der Waals surface area contributed by atoms with E-state index in [1.165, 1.54) is 51.4 Å². The van der Waals surface area contributed by atoms with Crippen molar-refractivity contribution in [1.29, 1.82) is 0 Å². The molecule has 1 amide bonds. The summed E-state index contributed by atoms with van der Waals surface area (Å²) in [7, 11) is 0. The summed E-state index contributed by atoms with van der Waals surface area (Å²) < 4.78 is 11.1. The first-order chi connectivity index (χ1) is 22.8. The standard InChI is InChI=1S/C38H67NO8/c1-3-5-7-9-11-13-14-15-16-17-18-20-22-24-26-28-34(42)39-31(32(41)27-25-23-21-19-12-10-8-6-4-2)30-46-38-37(45)36(44)35(43)33(29-40)47-38/h4,6,12-14,19,25,27,31-33,35-38,40-41,43-45H,3,5,7-11,15-18,20-24,26,28-30H2,1-2H3,(H,39,42)/b6-4+,14-13-,19-12+,27-25+. The number of nitrogens with one attached hydrogen (secondary N) is 1. The Morgan fingerprint density at radius 1 is 0.745 bits per heavy atom. The third-order valence-corrected chi connectivity index (χ3v) is 8.45. The number of amides is 1. The van der Waals surface area contributed by atoms with Crippen molar-refractivity contribution in [2.45, 2.75) is 172 Å². The van der Waals surface area contributed by atoms with Crippen molar-refractivity contribution in [2.75, 3.05) is 13.2 Å². The molecule has 6 N–H and O–H groups in total. The topological polar surface area (TPSA) is 149 Å². The molecule has 9 heteroatoms. The number of hydrogen-bond donors (Lipinski definition) is 6. The summed E-state index contributed by atoms with van der Waals surface area (Å²) >= 11 is 0. The molecule has 47 heavy (non-hydrogen) atoms. The summed E-state index contributed by atoms with van der Waals surface area (Å²) in [5.74, 6) is -0.203. The molecule has 0 aromatic carbocycles. The molecule has 7 unspecified atom stereocenters. The maximum Gasteiger partial charge on any atom is 0.220 e. The first kappa shape index (κ1) is 43.2. The minimum absolute atomic E-state index is 0.203. The predicted molar refractivity (Wildman–Crippen MR) is 189 cm³/mol. The zero-order valence-corrected chi connectivity index (χ0v) is 29.3. The van der Waals surface area contributed by atoms with Gasteiger partial charge in [0.1, 0.15) is 24.4 Å². The first-order valence-corrected chi connectivity index (χ1v) is 18.3. The molecule has 0 aromatic heterocycles. The molecule has 7 atom stereocenters. The van der Waals surface area contributed by atoms with Gasteiger partial charge in [-0.25, -0.2) is 0 Å². The van der Waals surface area contributed by atoms with Crippen LogP contribution in [0.2, 0.25) is 0 Å². The summed E-state index contributed by atoms with van der Waals surface area (Å²) in [5, 5.41) is 53.7. The lowest BCUT2D eigenvalue weighted by atomic mass is 9.99. The Morgan fingerprint density at radius 3 is 1.91 bits per heavy atom. The van der Waals surface area contributed by atoms with Gasteiger partial charge in [-0.15, -0.1) is 0 Å². The first-order valence-electron chi connectivity index (χ1n) is 18.3. The van der Waals surface area contributed by atoms with Crippen LogP contribution in [0.4, 0.5) is 0 Å². The molecule has 0 aliphatic carbocycles. The summed E-state index contributed by atoms with van der Waals surface area (Å²) in [5.41, 5.74) is 0. The van der Waals surface area contributed by atoms with Crippen LogP contribution < -0.4 is 5.32 Å². The van der Waals surface area contributed by atoms with Crippen LogP contribution in [-0.2, 0) is 14.3 Å². The highest BCUT2D eigenvalue weighted by molar-refractivity contribution is 5.76. The fraction of sp³-hybridized carbons (Fsp3) is 0.763. The lowest BCUT2D eigenvalue weighted by molar-refractivity contribution is -0.302. The maximum absolute atomic E-state index is 12.8. The van der Waals surface area contributed by atoms with Gasteiger partial charge in [0.2, 0.25) is 5.91 Å². The van der Waals surface area contributed by atoms with Gasteiger partial charge in [0.15, 0.2) is 6.29 Å². The molecule has 9 nitrogen and oxygen atoms in total. The molecular formula is C38H67NO8. The number of allylic oxidation sites excluding steroid dienone is 7. The van der Waals surface area contributed by atoms with Gasteiger partial charge in [-0.1, -0.05) is 107 Å². The maximum atomic E-state index is 12.8. The molecule has 1 heterocycles. The molecule has 1 aliphatic heterocycles. The second-order valence-electron chi connectivity index (χ2n) is 12.7. The van der Waals surface area contributed by atoms with Gasteiger partial charge in [-0.2, -0.15) is 0 Å². The molecule has 0 bridgehead atoms. The SMILES string of the molecule is C/C=C/CC/C=C/CC/C=C/C(O)C(COC1OC(CO)C(O)C(O)C1O)NC(=O)CCCCCCCCC/C=C\CCCCCC. The van der Waals surface area contributed by atoms with E-state index in [1.54, 1.807) is 6.08 Å². The second-order valence-corrected chi connectivity index (χ2v) is 12.7. The smallest absolute Gasteiger partial charge is 0.220 e. The van der Waals surface area contributed by atoms with Crippen LogP contribution in [0.25, 0.3) is 0 Å². The lowest BCUT2D eigenvalue weighted by Crippen LogP contribution is -2.60. The van der Waals surface area contributed by atoms with E-state index in [4.69, 9.17) is 9.47 Å². The molecule has 1 saturated heterocycles. The van der Waals surface area contributed by atoms with Crippen molar-refractivity contribution in [3.05, 3.63) is 48.6 Å². The van der Waals surface area contributed by atoms with E-state index in [2.05, 4.69) is 42.6 Å². The zero-order chi connectivity index (χ0) is 34.5. The van der Waals surface area contributed by atoms with E-state index >= 15 is 0 Å². The minimum atomic E-state index is -1.57. The number of rotatable bonds is 28. The van der Waals surface area contributed by atoms with Gasteiger partial charge >= 0.3 is 0 Å². The van der Waals surface area contributed by atoms with Crippen LogP contribution in [-0.4, -0.2) is 87.5 Å². The quantitative estimate of drug-likeness (QED) is 0.0445. The third-order valence-electron chi connectivity index (χ3n) is 8.45. The van der Waals surface area contributed by atoms with Crippen molar-refractivity contribution in [3.63, 3.8) is 0 Å². The number of unbranched alkanes of at least 4 members (excludes halogenated alkanes) is 13. The monoisotopic (exact) mass is 665 g/mol. The second kappa shape index (κ2) is 29.1. The van der Waals surface area contributed by atoms with Crippen molar-refractivity contribution in [1.82, 2.24) is 5.32 Å². The largest absolute Gasteiger partial charge is 0.394 e. The molecule has 0 saturated carbocycles. The summed E-state index contributed by atoms with van der Waals surface area (Å²) in [6, 6.07) is -0.826. The highest BCUT2D eigenvalue weighted by atomic mass is 16.7. The van der Waals surface area contributed by atoms with Crippen molar-refractivity contribution < 1.29 is 39.8 Å². The summed E-state index contributed by atoms with van der Waals surface area (Å²) in [4.78, 5) is 12.8. The number of carbonyl (C=O) groups excluding carboxylic acids is 1. The Hall–Kier alpha value is -1.85. The van der Waals surface area contributed by atoms with Gasteiger partial charge in [0, 0.05) is 6.42 Å². The van der Waals surface area contributed by atoms with E-state index in [0.717, 1.165) is 57.8 Å². The molecule has 1 rings (SSSR count).